The van der Waals surface area contributed by atoms with E-state index in [1.165, 1.54) is 10.6 Å². The number of anilines is 2. The number of aliphatic hydroxyl groups excluding tert-OH is 1. The Hall–Kier alpha value is -3.64. The molecule has 152 valence electrons. The minimum atomic E-state index is -0.825. The van der Waals surface area contributed by atoms with E-state index in [-0.39, 0.29) is 5.56 Å². The van der Waals surface area contributed by atoms with E-state index in [2.05, 4.69) is 4.98 Å². The molecule has 6 nitrogen and oxygen atoms in total. The lowest BCUT2D eigenvalue weighted by Gasteiger charge is -2.28. The second-order valence-corrected chi connectivity index (χ2v) is 7.12. The molecule has 2 aromatic heterocycles. The van der Waals surface area contributed by atoms with E-state index in [4.69, 9.17) is 4.74 Å². The van der Waals surface area contributed by atoms with Crippen LogP contribution in [-0.2, 0) is 13.7 Å². The number of para-hydroxylation sites is 1. The molecule has 0 unspecified atom stereocenters. The van der Waals surface area contributed by atoms with Gasteiger partial charge in [-0.3, -0.25) is 4.79 Å². The molecular weight excluding hydrogens is 378 g/mol. The van der Waals surface area contributed by atoms with Gasteiger partial charge in [0.1, 0.15) is 18.6 Å². The van der Waals surface area contributed by atoms with Crippen molar-refractivity contribution in [3.8, 4) is 5.75 Å². The van der Waals surface area contributed by atoms with Gasteiger partial charge in [0.15, 0.2) is 0 Å². The second kappa shape index (κ2) is 8.39. The van der Waals surface area contributed by atoms with Gasteiger partial charge in [-0.1, -0.05) is 30.3 Å². The summed E-state index contributed by atoms with van der Waals surface area (Å²) in [6, 6.07) is 22.6. The smallest absolute Gasteiger partial charge is 0.252 e. The normalized spacial score (nSPS) is 12.0. The van der Waals surface area contributed by atoms with Crippen LogP contribution in [0.3, 0.4) is 0 Å². The number of rotatable bonds is 6. The van der Waals surface area contributed by atoms with Gasteiger partial charge < -0.3 is 19.3 Å². The number of fused-ring (bicyclic) bond motifs is 1. The molecule has 0 bridgehead atoms. The van der Waals surface area contributed by atoms with Gasteiger partial charge in [-0.2, -0.15) is 0 Å². The largest absolute Gasteiger partial charge is 0.487 e. The molecule has 30 heavy (non-hydrogen) atoms. The third kappa shape index (κ3) is 4.18. The van der Waals surface area contributed by atoms with Crippen molar-refractivity contribution >= 4 is 22.3 Å². The van der Waals surface area contributed by atoms with Gasteiger partial charge >= 0.3 is 0 Å². The summed E-state index contributed by atoms with van der Waals surface area (Å²) in [6.45, 7) is 1.98. The Morgan fingerprint density at radius 2 is 1.83 bits per heavy atom. The topological polar surface area (TPSA) is 67.6 Å². The van der Waals surface area contributed by atoms with Crippen LogP contribution >= 0.6 is 0 Å². The van der Waals surface area contributed by atoms with Crippen molar-refractivity contribution in [2.45, 2.75) is 19.8 Å². The average Bonchev–Trinajstić information content (AvgIpc) is 2.75. The summed E-state index contributed by atoms with van der Waals surface area (Å²) < 4.78 is 7.44. The molecule has 0 fully saturated rings. The van der Waals surface area contributed by atoms with Crippen LogP contribution in [0.25, 0.3) is 10.9 Å². The Kier molecular flexibility index (Phi) is 5.50. The van der Waals surface area contributed by atoms with E-state index in [1.54, 1.807) is 31.1 Å². The monoisotopic (exact) mass is 401 g/mol. The number of aryl methyl sites for hydroxylation is 1. The molecule has 0 aliphatic heterocycles. The SMILES string of the molecule is C[C@@H](O)N(c1cccc(OCc2ccc3ccccc3n2)c1)c1ccn(C)c(=O)c1. The Labute approximate surface area is 174 Å². The maximum absolute atomic E-state index is 12.0. The summed E-state index contributed by atoms with van der Waals surface area (Å²) in [5, 5.41) is 11.4. The Morgan fingerprint density at radius 1 is 1.03 bits per heavy atom. The van der Waals surface area contributed by atoms with Crippen LogP contribution in [0.15, 0.2) is 83.8 Å². The quantitative estimate of drug-likeness (QED) is 0.495. The molecule has 0 saturated heterocycles. The molecule has 4 rings (SSSR count). The standard InChI is InChI=1S/C24H23N3O3/c1-17(28)27(21-12-13-26(2)24(29)15-21)20-7-5-8-22(14-20)30-16-19-11-10-18-6-3-4-9-23(18)25-19/h3-15,17,28H,16H2,1-2H3/t17-/m1/s1. The molecule has 1 atom stereocenters. The first-order valence-electron chi connectivity index (χ1n) is 9.73. The van der Waals surface area contributed by atoms with E-state index in [0.29, 0.717) is 18.0 Å². The van der Waals surface area contributed by atoms with Crippen LogP contribution in [0.2, 0.25) is 0 Å². The van der Waals surface area contributed by atoms with E-state index in [9.17, 15) is 9.90 Å². The van der Waals surface area contributed by atoms with Crippen molar-refractivity contribution in [3.05, 3.63) is 95.0 Å². The van der Waals surface area contributed by atoms with Crippen molar-refractivity contribution in [1.29, 1.82) is 0 Å². The van der Waals surface area contributed by atoms with Crippen molar-refractivity contribution in [2.24, 2.45) is 7.05 Å². The second-order valence-electron chi connectivity index (χ2n) is 7.12. The first kappa shape index (κ1) is 19.7. The Morgan fingerprint density at radius 3 is 2.63 bits per heavy atom. The fourth-order valence-electron chi connectivity index (χ4n) is 3.34. The van der Waals surface area contributed by atoms with E-state index < -0.39 is 6.23 Å². The highest BCUT2D eigenvalue weighted by Crippen LogP contribution is 2.29. The minimum Gasteiger partial charge on any atom is -0.487 e. The highest BCUT2D eigenvalue weighted by atomic mass is 16.5. The van der Waals surface area contributed by atoms with Crippen molar-refractivity contribution in [3.63, 3.8) is 0 Å². The highest BCUT2D eigenvalue weighted by molar-refractivity contribution is 5.78. The number of aromatic nitrogens is 2. The van der Waals surface area contributed by atoms with Gasteiger partial charge in [0.25, 0.3) is 5.56 Å². The van der Waals surface area contributed by atoms with E-state index in [0.717, 1.165) is 22.3 Å². The van der Waals surface area contributed by atoms with Crippen molar-refractivity contribution in [2.75, 3.05) is 4.90 Å². The first-order valence-corrected chi connectivity index (χ1v) is 9.73. The van der Waals surface area contributed by atoms with E-state index in [1.807, 2.05) is 60.7 Å². The van der Waals surface area contributed by atoms with Gasteiger partial charge in [-0.25, -0.2) is 4.98 Å². The third-order valence-electron chi connectivity index (χ3n) is 4.88. The maximum Gasteiger partial charge on any atom is 0.252 e. The fourth-order valence-corrected chi connectivity index (χ4v) is 3.34. The lowest BCUT2D eigenvalue weighted by Crippen LogP contribution is -2.29. The minimum absolute atomic E-state index is 0.145. The van der Waals surface area contributed by atoms with Crippen LogP contribution in [0, 0.1) is 0 Å². The zero-order chi connectivity index (χ0) is 21.1. The van der Waals surface area contributed by atoms with Crippen LogP contribution in [-0.4, -0.2) is 20.9 Å². The molecule has 2 heterocycles. The Balaban J connectivity index is 1.57. The van der Waals surface area contributed by atoms with Gasteiger partial charge in [0.2, 0.25) is 0 Å². The molecule has 0 spiro atoms. The van der Waals surface area contributed by atoms with E-state index >= 15 is 0 Å². The number of aliphatic hydroxyl groups is 1. The van der Waals surface area contributed by atoms with Gasteiger partial charge in [0, 0.05) is 36.5 Å². The molecule has 4 aromatic rings. The van der Waals surface area contributed by atoms with Gasteiger partial charge in [-0.15, -0.1) is 0 Å². The lowest BCUT2D eigenvalue weighted by molar-refractivity contribution is 0.201. The Bertz CT molecular complexity index is 1230. The summed E-state index contributed by atoms with van der Waals surface area (Å²) in [4.78, 5) is 18.4. The van der Waals surface area contributed by atoms with Crippen molar-refractivity contribution in [1.82, 2.24) is 9.55 Å². The van der Waals surface area contributed by atoms with Crippen LogP contribution in [0.5, 0.6) is 5.75 Å². The number of pyridine rings is 2. The van der Waals surface area contributed by atoms with Gasteiger partial charge in [-0.05, 0) is 37.3 Å². The number of hydrogen-bond donors (Lipinski definition) is 1. The molecule has 0 saturated carbocycles. The number of hydrogen-bond acceptors (Lipinski definition) is 5. The third-order valence-corrected chi connectivity index (χ3v) is 4.88. The molecule has 0 radical (unpaired) electrons. The molecule has 0 aliphatic rings. The molecule has 0 amide bonds. The summed E-state index contributed by atoms with van der Waals surface area (Å²) in [5.41, 5.74) is 2.95. The van der Waals surface area contributed by atoms with Crippen molar-refractivity contribution < 1.29 is 9.84 Å². The first-order chi connectivity index (χ1) is 14.5. The predicted molar refractivity (Wildman–Crippen MR) is 118 cm³/mol. The summed E-state index contributed by atoms with van der Waals surface area (Å²) in [5.74, 6) is 0.650. The fraction of sp³-hybridized carbons (Fsp3) is 0.167. The van der Waals surface area contributed by atoms with Crippen LogP contribution in [0.1, 0.15) is 12.6 Å². The molecule has 0 aliphatic carbocycles. The maximum atomic E-state index is 12.0. The van der Waals surface area contributed by atoms with Crippen LogP contribution < -0.4 is 15.2 Å². The zero-order valence-electron chi connectivity index (χ0n) is 16.9. The highest BCUT2D eigenvalue weighted by Gasteiger charge is 2.16. The average molecular weight is 401 g/mol. The number of ether oxygens (including phenoxy) is 1. The summed E-state index contributed by atoms with van der Waals surface area (Å²) >= 11 is 0. The summed E-state index contributed by atoms with van der Waals surface area (Å²) in [6.07, 6.45) is 0.855. The number of nitrogens with zero attached hydrogens (tertiary/aromatic N) is 3. The molecule has 1 N–H and O–H groups in total. The lowest BCUT2D eigenvalue weighted by atomic mass is 10.2. The van der Waals surface area contributed by atoms with Crippen LogP contribution in [0.4, 0.5) is 11.4 Å². The zero-order valence-corrected chi connectivity index (χ0v) is 16.9. The predicted octanol–water partition coefficient (Wildman–Crippen LogP) is 3.99. The van der Waals surface area contributed by atoms with Gasteiger partial charge in [0.05, 0.1) is 16.9 Å². The molecule has 2 aromatic carbocycles. The molecule has 6 heteroatoms. The summed E-state index contributed by atoms with van der Waals surface area (Å²) in [7, 11) is 1.69. The number of benzene rings is 2. The molecular formula is C24H23N3O3.